The van der Waals surface area contributed by atoms with Crippen molar-refractivity contribution in [3.8, 4) is 0 Å². The van der Waals surface area contributed by atoms with Crippen LogP contribution in [0.25, 0.3) is 0 Å². The van der Waals surface area contributed by atoms with E-state index in [9.17, 15) is 13.2 Å². The maximum Gasteiger partial charge on any atom is 0.229 e. The minimum atomic E-state index is -3.15. The molecule has 0 atom stereocenters. The van der Waals surface area contributed by atoms with Gasteiger partial charge in [0.25, 0.3) is 0 Å². The van der Waals surface area contributed by atoms with Crippen molar-refractivity contribution in [2.45, 2.75) is 32.7 Å². The van der Waals surface area contributed by atoms with E-state index < -0.39 is 10.0 Å². The van der Waals surface area contributed by atoms with Crippen molar-refractivity contribution in [3.05, 3.63) is 30.1 Å². The summed E-state index contributed by atoms with van der Waals surface area (Å²) in [6.07, 6.45) is 3.81. The first-order valence-corrected chi connectivity index (χ1v) is 9.75. The number of hydrogen-bond donors (Lipinski definition) is 0. The van der Waals surface area contributed by atoms with E-state index in [2.05, 4.69) is 4.98 Å². The summed E-state index contributed by atoms with van der Waals surface area (Å²) in [6, 6.07) is 5.71. The van der Waals surface area contributed by atoms with Gasteiger partial charge in [-0.05, 0) is 38.3 Å². The lowest BCUT2D eigenvalue weighted by Crippen LogP contribution is -2.46. The van der Waals surface area contributed by atoms with Gasteiger partial charge in [-0.2, -0.15) is 0 Å². The summed E-state index contributed by atoms with van der Waals surface area (Å²) < 4.78 is 25.5. The third kappa shape index (κ3) is 3.12. The fraction of sp³-hybridized carbons (Fsp3) is 0.625. The summed E-state index contributed by atoms with van der Waals surface area (Å²) in [7, 11) is -3.15. The van der Waals surface area contributed by atoms with Gasteiger partial charge >= 0.3 is 0 Å². The molecule has 2 fully saturated rings. The van der Waals surface area contributed by atoms with Crippen molar-refractivity contribution in [2.24, 2.45) is 5.41 Å². The molecule has 2 aliphatic heterocycles. The molecule has 2 saturated heterocycles. The van der Waals surface area contributed by atoms with Crippen LogP contribution >= 0.6 is 0 Å². The van der Waals surface area contributed by atoms with Crippen LogP contribution in [0.15, 0.2) is 24.4 Å². The highest BCUT2D eigenvalue weighted by atomic mass is 32.2. The van der Waals surface area contributed by atoms with Crippen LogP contribution in [0.4, 0.5) is 0 Å². The standard InChI is InChI=1S/C16H23N3O3S/c1-2-23(21,22)19-11-7-16(8-12-19)6-10-18(15(16)20)13-14-5-3-4-9-17-14/h3-5,9H,2,6-8,10-13H2,1H3. The molecule has 1 aromatic rings. The van der Waals surface area contributed by atoms with Gasteiger partial charge in [-0.25, -0.2) is 12.7 Å². The van der Waals surface area contributed by atoms with Crippen molar-refractivity contribution >= 4 is 15.9 Å². The summed E-state index contributed by atoms with van der Waals surface area (Å²) >= 11 is 0. The summed E-state index contributed by atoms with van der Waals surface area (Å²) in [5.74, 6) is 0.288. The number of carbonyl (C=O) groups is 1. The maximum absolute atomic E-state index is 12.8. The fourth-order valence-electron chi connectivity index (χ4n) is 3.57. The van der Waals surface area contributed by atoms with Crippen LogP contribution in [-0.4, -0.2) is 53.9 Å². The Morgan fingerprint density at radius 1 is 1.17 bits per heavy atom. The number of nitrogens with zero attached hydrogens (tertiary/aromatic N) is 3. The average Bonchev–Trinajstić information content (AvgIpc) is 2.86. The van der Waals surface area contributed by atoms with Crippen LogP contribution in [0.2, 0.25) is 0 Å². The summed E-state index contributed by atoms with van der Waals surface area (Å²) in [6.45, 7) is 3.85. The van der Waals surface area contributed by atoms with Gasteiger partial charge in [0.2, 0.25) is 15.9 Å². The second-order valence-electron chi connectivity index (χ2n) is 6.38. The first-order valence-electron chi connectivity index (χ1n) is 8.14. The summed E-state index contributed by atoms with van der Waals surface area (Å²) in [5.41, 5.74) is 0.526. The van der Waals surface area contributed by atoms with Gasteiger partial charge in [0.05, 0.1) is 23.4 Å². The molecule has 0 saturated carbocycles. The van der Waals surface area contributed by atoms with Gasteiger partial charge < -0.3 is 4.90 Å². The van der Waals surface area contributed by atoms with Gasteiger partial charge in [-0.1, -0.05) is 6.07 Å². The summed E-state index contributed by atoms with van der Waals surface area (Å²) in [4.78, 5) is 19.0. The smallest absolute Gasteiger partial charge is 0.229 e. The first-order chi connectivity index (χ1) is 11.0. The van der Waals surface area contributed by atoms with Gasteiger partial charge in [-0.3, -0.25) is 9.78 Å². The molecular formula is C16H23N3O3S. The van der Waals surface area contributed by atoms with Crippen LogP contribution < -0.4 is 0 Å². The van der Waals surface area contributed by atoms with Crippen molar-refractivity contribution < 1.29 is 13.2 Å². The molecule has 1 spiro atoms. The molecule has 126 valence electrons. The molecule has 2 aliphatic rings. The normalized spacial score (nSPS) is 22.0. The predicted octanol–water partition coefficient (Wildman–Crippen LogP) is 1.25. The van der Waals surface area contributed by atoms with Gasteiger partial charge in [0, 0.05) is 25.8 Å². The van der Waals surface area contributed by atoms with E-state index in [0.717, 1.165) is 18.7 Å². The zero-order valence-electron chi connectivity index (χ0n) is 13.4. The maximum atomic E-state index is 12.8. The molecule has 3 heterocycles. The van der Waals surface area contributed by atoms with Crippen molar-refractivity contribution in [1.82, 2.24) is 14.2 Å². The number of piperidine rings is 1. The van der Waals surface area contributed by atoms with E-state index in [1.54, 1.807) is 13.1 Å². The average molecular weight is 337 g/mol. The molecule has 0 bridgehead atoms. The number of aromatic nitrogens is 1. The topological polar surface area (TPSA) is 70.6 Å². The van der Waals surface area contributed by atoms with Gasteiger partial charge in [-0.15, -0.1) is 0 Å². The number of pyridine rings is 1. The highest BCUT2D eigenvalue weighted by Crippen LogP contribution is 2.42. The van der Waals surface area contributed by atoms with Gasteiger partial charge in [0.15, 0.2) is 0 Å². The molecule has 7 heteroatoms. The Morgan fingerprint density at radius 3 is 2.48 bits per heavy atom. The zero-order chi connectivity index (χ0) is 16.5. The second-order valence-corrected chi connectivity index (χ2v) is 8.64. The second kappa shape index (κ2) is 6.20. The summed E-state index contributed by atoms with van der Waals surface area (Å²) in [5, 5.41) is 0. The first kappa shape index (κ1) is 16.4. The van der Waals surface area contributed by atoms with Crippen LogP contribution in [0.1, 0.15) is 31.9 Å². The van der Waals surface area contributed by atoms with Crippen molar-refractivity contribution in [2.75, 3.05) is 25.4 Å². The molecule has 0 unspecified atom stereocenters. The predicted molar refractivity (Wildman–Crippen MR) is 87.0 cm³/mol. The molecule has 1 aromatic heterocycles. The Morgan fingerprint density at radius 2 is 1.87 bits per heavy atom. The van der Waals surface area contributed by atoms with Crippen molar-refractivity contribution in [1.29, 1.82) is 0 Å². The molecule has 0 radical (unpaired) electrons. The van der Waals surface area contributed by atoms with Crippen LogP contribution in [-0.2, 0) is 21.4 Å². The number of amides is 1. The highest BCUT2D eigenvalue weighted by Gasteiger charge is 2.49. The Labute approximate surface area is 137 Å². The minimum absolute atomic E-state index is 0.125. The Hall–Kier alpha value is -1.47. The van der Waals surface area contributed by atoms with Crippen LogP contribution in [0, 0.1) is 5.41 Å². The molecule has 3 rings (SSSR count). The van der Waals surface area contributed by atoms with E-state index in [1.807, 2.05) is 23.1 Å². The van der Waals surface area contributed by atoms with E-state index in [0.29, 0.717) is 32.5 Å². The lowest BCUT2D eigenvalue weighted by atomic mass is 9.77. The van der Waals surface area contributed by atoms with E-state index >= 15 is 0 Å². The van der Waals surface area contributed by atoms with Gasteiger partial charge in [0.1, 0.15) is 0 Å². The largest absolute Gasteiger partial charge is 0.336 e. The number of likely N-dealkylation sites (tertiary alicyclic amines) is 1. The molecule has 0 N–H and O–H groups in total. The van der Waals surface area contributed by atoms with E-state index in [-0.39, 0.29) is 17.1 Å². The third-order valence-electron chi connectivity index (χ3n) is 5.12. The lowest BCUT2D eigenvalue weighted by molar-refractivity contribution is -0.138. The molecule has 1 amide bonds. The highest BCUT2D eigenvalue weighted by molar-refractivity contribution is 7.89. The number of sulfonamides is 1. The van der Waals surface area contributed by atoms with E-state index in [1.165, 1.54) is 4.31 Å². The number of hydrogen-bond acceptors (Lipinski definition) is 4. The van der Waals surface area contributed by atoms with Crippen molar-refractivity contribution in [3.63, 3.8) is 0 Å². The monoisotopic (exact) mass is 337 g/mol. The third-order valence-corrected chi connectivity index (χ3v) is 7.00. The quantitative estimate of drug-likeness (QED) is 0.829. The SMILES string of the molecule is CCS(=O)(=O)N1CCC2(CCN(Cc3ccccn3)C2=O)CC1. The molecule has 6 nitrogen and oxygen atoms in total. The molecule has 23 heavy (non-hydrogen) atoms. The minimum Gasteiger partial charge on any atom is -0.336 e. The molecular weight excluding hydrogens is 314 g/mol. The number of rotatable bonds is 4. The Kier molecular flexibility index (Phi) is 4.42. The molecule has 0 aromatic carbocycles. The number of carbonyl (C=O) groups excluding carboxylic acids is 1. The molecule has 0 aliphatic carbocycles. The zero-order valence-corrected chi connectivity index (χ0v) is 14.3. The van der Waals surface area contributed by atoms with Crippen LogP contribution in [0.3, 0.4) is 0 Å². The van der Waals surface area contributed by atoms with Crippen LogP contribution in [0.5, 0.6) is 0 Å². The lowest BCUT2D eigenvalue weighted by Gasteiger charge is -2.37. The fourth-order valence-corrected chi connectivity index (χ4v) is 4.67. The Balaban J connectivity index is 1.66. The Bertz CT molecular complexity index is 667. The van der Waals surface area contributed by atoms with E-state index in [4.69, 9.17) is 0 Å².